The van der Waals surface area contributed by atoms with Crippen molar-refractivity contribution < 1.29 is 14.3 Å². The number of carbonyl (C=O) groups is 1. The highest BCUT2D eigenvalue weighted by molar-refractivity contribution is 6.33. The maximum Gasteiger partial charge on any atom is 0.197 e. The maximum absolute atomic E-state index is 13.6. The second-order valence-corrected chi connectivity index (χ2v) is 8.71. The van der Waals surface area contributed by atoms with Gasteiger partial charge < -0.3 is 9.47 Å². The number of Topliss-reactive ketones (excluding diaryl/α,β-unsaturated/α-hetero) is 1. The van der Waals surface area contributed by atoms with Crippen molar-refractivity contribution in [3.63, 3.8) is 0 Å². The van der Waals surface area contributed by atoms with E-state index < -0.39 is 5.60 Å². The van der Waals surface area contributed by atoms with Crippen LogP contribution in [-0.4, -0.2) is 11.4 Å². The number of carbonyl (C=O) groups excluding carboxylic acids is 1. The van der Waals surface area contributed by atoms with Crippen LogP contribution in [0.25, 0.3) is 12.2 Å². The van der Waals surface area contributed by atoms with Gasteiger partial charge in [0, 0.05) is 22.3 Å². The van der Waals surface area contributed by atoms with Crippen LogP contribution in [0, 0.1) is 5.92 Å². The number of halogens is 2. The van der Waals surface area contributed by atoms with Crippen LogP contribution in [-0.2, 0) is 4.79 Å². The summed E-state index contributed by atoms with van der Waals surface area (Å²) in [7, 11) is 0. The first-order chi connectivity index (χ1) is 13.8. The molecule has 0 spiro atoms. The van der Waals surface area contributed by atoms with Crippen molar-refractivity contribution in [3.05, 3.63) is 80.0 Å². The smallest absolute Gasteiger partial charge is 0.197 e. The summed E-state index contributed by atoms with van der Waals surface area (Å²) in [6.07, 6.45) is 3.75. The molecule has 2 aromatic rings. The Morgan fingerprint density at radius 2 is 1.55 bits per heavy atom. The largest absolute Gasteiger partial charge is 0.476 e. The van der Waals surface area contributed by atoms with Crippen molar-refractivity contribution in [2.45, 2.75) is 26.4 Å². The molecule has 0 bridgehead atoms. The average molecular weight is 425 g/mol. The molecule has 2 heterocycles. The van der Waals surface area contributed by atoms with Crippen molar-refractivity contribution in [1.82, 2.24) is 0 Å². The number of para-hydroxylation sites is 2. The number of benzene rings is 2. The quantitative estimate of drug-likeness (QED) is 0.524. The summed E-state index contributed by atoms with van der Waals surface area (Å²) < 4.78 is 12.7. The molecule has 0 saturated carbocycles. The Balaban J connectivity index is 1.82. The minimum absolute atomic E-state index is 0.0583. The Bertz CT molecular complexity index is 1190. The van der Waals surface area contributed by atoms with Crippen LogP contribution >= 0.6 is 23.2 Å². The van der Waals surface area contributed by atoms with E-state index in [2.05, 4.69) is 13.8 Å². The average Bonchev–Trinajstić information content (AvgIpc) is 2.67. The maximum atomic E-state index is 13.6. The van der Waals surface area contributed by atoms with E-state index in [1.54, 1.807) is 12.1 Å². The van der Waals surface area contributed by atoms with E-state index >= 15 is 0 Å². The number of hydrogen-bond donors (Lipinski definition) is 0. The molecule has 0 unspecified atom stereocenters. The number of fused-ring (bicyclic) bond motifs is 4. The van der Waals surface area contributed by atoms with E-state index in [0.29, 0.717) is 38.4 Å². The molecule has 0 radical (unpaired) electrons. The number of hydrogen-bond acceptors (Lipinski definition) is 3. The number of ether oxygens (including phenoxy) is 2. The zero-order valence-corrected chi connectivity index (χ0v) is 17.7. The topological polar surface area (TPSA) is 35.5 Å². The van der Waals surface area contributed by atoms with E-state index in [-0.39, 0.29) is 11.7 Å². The van der Waals surface area contributed by atoms with Crippen molar-refractivity contribution in [2.75, 3.05) is 0 Å². The van der Waals surface area contributed by atoms with Gasteiger partial charge in [0.1, 0.15) is 11.5 Å². The highest BCUT2D eigenvalue weighted by atomic mass is 35.5. The van der Waals surface area contributed by atoms with Crippen molar-refractivity contribution in [1.29, 1.82) is 0 Å². The summed E-state index contributed by atoms with van der Waals surface area (Å²) in [5.74, 6) is 1.62. The lowest BCUT2D eigenvalue weighted by molar-refractivity contribution is -0.114. The highest BCUT2D eigenvalue weighted by Gasteiger charge is 2.51. The van der Waals surface area contributed by atoms with Crippen LogP contribution in [0.5, 0.6) is 11.5 Å². The van der Waals surface area contributed by atoms with Gasteiger partial charge in [0.2, 0.25) is 0 Å². The summed E-state index contributed by atoms with van der Waals surface area (Å²) in [6, 6.07) is 11.0. The fourth-order valence-corrected chi connectivity index (χ4v) is 4.89. The molecule has 5 heteroatoms. The first kappa shape index (κ1) is 18.5. The zero-order valence-electron chi connectivity index (χ0n) is 16.2. The fraction of sp³-hybridized carbons (Fsp3) is 0.208. The Morgan fingerprint density at radius 3 is 2.21 bits per heavy atom. The molecule has 0 saturated heterocycles. The standard InChI is InChI=1S/C24H18Cl2O3/c1-12(2)19-23-15(10-13-6-4-8-17(25)21(13)28-23)20(27)16-11-14-7-5-9-18(26)22(14)29-24(16,19)3/h4-12H,1-3H3/t24-/m1/s1. The van der Waals surface area contributed by atoms with Crippen LogP contribution in [0.4, 0.5) is 0 Å². The second-order valence-electron chi connectivity index (χ2n) is 7.90. The molecule has 0 aromatic heterocycles. The molecule has 1 aliphatic carbocycles. The van der Waals surface area contributed by atoms with Crippen molar-refractivity contribution in [2.24, 2.45) is 5.92 Å². The van der Waals surface area contributed by atoms with Crippen LogP contribution in [0.15, 0.2) is 58.9 Å². The third-order valence-corrected chi connectivity index (χ3v) is 6.28. The molecule has 3 aliphatic rings. The van der Waals surface area contributed by atoms with Gasteiger partial charge in [-0.3, -0.25) is 4.79 Å². The zero-order chi connectivity index (χ0) is 20.5. The van der Waals surface area contributed by atoms with Gasteiger partial charge in [-0.15, -0.1) is 0 Å². The van der Waals surface area contributed by atoms with E-state index in [1.165, 1.54) is 0 Å². The molecule has 146 valence electrons. The van der Waals surface area contributed by atoms with E-state index in [4.69, 9.17) is 32.7 Å². The second kappa shape index (κ2) is 6.25. The molecule has 5 rings (SSSR count). The van der Waals surface area contributed by atoms with E-state index in [0.717, 1.165) is 16.7 Å². The number of rotatable bonds is 1. The summed E-state index contributed by atoms with van der Waals surface area (Å²) in [6.45, 7) is 6.04. The lowest BCUT2D eigenvalue weighted by Crippen LogP contribution is -2.48. The summed E-state index contributed by atoms with van der Waals surface area (Å²) >= 11 is 12.8. The minimum atomic E-state index is -0.978. The van der Waals surface area contributed by atoms with Crippen LogP contribution in [0.2, 0.25) is 10.0 Å². The van der Waals surface area contributed by atoms with Gasteiger partial charge >= 0.3 is 0 Å². The van der Waals surface area contributed by atoms with Crippen LogP contribution in [0.1, 0.15) is 31.9 Å². The lowest BCUT2D eigenvalue weighted by Gasteiger charge is -2.44. The molecule has 2 aliphatic heterocycles. The SMILES string of the molecule is CC(C)C1=C2Oc3c(Cl)cccc3C=C2C(=O)C2=Cc3cccc(Cl)c3O[C@]21C. The lowest BCUT2D eigenvalue weighted by atomic mass is 9.70. The number of allylic oxidation sites excluding steroid dienone is 1. The Labute approximate surface area is 179 Å². The highest BCUT2D eigenvalue weighted by Crippen LogP contribution is 2.52. The van der Waals surface area contributed by atoms with Crippen LogP contribution < -0.4 is 9.47 Å². The monoisotopic (exact) mass is 424 g/mol. The Hall–Kier alpha value is -2.49. The van der Waals surface area contributed by atoms with Crippen molar-refractivity contribution in [3.8, 4) is 11.5 Å². The van der Waals surface area contributed by atoms with Crippen molar-refractivity contribution >= 4 is 41.1 Å². The van der Waals surface area contributed by atoms with Gasteiger partial charge in [-0.2, -0.15) is 0 Å². The molecule has 0 fully saturated rings. The normalized spacial score (nSPS) is 21.9. The predicted molar refractivity (Wildman–Crippen MR) is 115 cm³/mol. The molecule has 0 amide bonds. The Morgan fingerprint density at radius 1 is 0.931 bits per heavy atom. The molecule has 3 nitrogen and oxygen atoms in total. The van der Waals surface area contributed by atoms with E-state index in [9.17, 15) is 4.79 Å². The molecule has 2 aromatic carbocycles. The first-order valence-corrected chi connectivity index (χ1v) is 10.2. The molecule has 0 N–H and O–H groups in total. The summed E-state index contributed by atoms with van der Waals surface area (Å²) in [5, 5.41) is 1.02. The third-order valence-electron chi connectivity index (χ3n) is 5.69. The van der Waals surface area contributed by atoms with Gasteiger partial charge in [-0.05, 0) is 37.1 Å². The fourth-order valence-electron chi connectivity index (χ4n) is 4.45. The van der Waals surface area contributed by atoms with Gasteiger partial charge in [-0.25, -0.2) is 0 Å². The van der Waals surface area contributed by atoms with Gasteiger partial charge in [0.05, 0.1) is 15.6 Å². The van der Waals surface area contributed by atoms with Gasteiger partial charge in [0.25, 0.3) is 0 Å². The molecular weight excluding hydrogens is 407 g/mol. The molecule has 1 atom stereocenters. The third kappa shape index (κ3) is 2.54. The molecular formula is C24H18Cl2O3. The van der Waals surface area contributed by atoms with Gasteiger partial charge in [0.15, 0.2) is 17.1 Å². The van der Waals surface area contributed by atoms with E-state index in [1.807, 2.05) is 43.3 Å². The summed E-state index contributed by atoms with van der Waals surface area (Å²) in [4.78, 5) is 13.6. The van der Waals surface area contributed by atoms with Gasteiger partial charge in [-0.1, -0.05) is 61.3 Å². The minimum Gasteiger partial charge on any atom is -0.476 e. The number of ketones is 1. The predicted octanol–water partition coefficient (Wildman–Crippen LogP) is 6.50. The first-order valence-electron chi connectivity index (χ1n) is 9.48. The summed E-state index contributed by atoms with van der Waals surface area (Å²) in [5.41, 5.74) is 2.61. The molecule has 29 heavy (non-hydrogen) atoms. The van der Waals surface area contributed by atoms with Crippen LogP contribution in [0.3, 0.4) is 0 Å². The Kier molecular flexibility index (Phi) is 4.00.